The van der Waals surface area contributed by atoms with E-state index in [0.29, 0.717) is 11.6 Å². The van der Waals surface area contributed by atoms with Crippen LogP contribution in [0.4, 0.5) is 15.9 Å². The quantitative estimate of drug-likeness (QED) is 0.603. The molecule has 25 heavy (non-hydrogen) atoms. The molecule has 6 nitrogen and oxygen atoms in total. The zero-order chi connectivity index (χ0) is 17.2. The van der Waals surface area contributed by atoms with Crippen molar-refractivity contribution >= 4 is 33.4 Å². The molecule has 0 aromatic carbocycles. The van der Waals surface area contributed by atoms with Crippen molar-refractivity contribution in [3.63, 3.8) is 0 Å². The first-order chi connectivity index (χ1) is 12.3. The second-order valence-corrected chi connectivity index (χ2v) is 5.59. The summed E-state index contributed by atoms with van der Waals surface area (Å²) in [6.07, 6.45) is 6.84. The largest absolute Gasteiger partial charge is 0.489 e. The van der Waals surface area contributed by atoms with E-state index in [9.17, 15) is 4.39 Å². The molecule has 0 spiro atoms. The molecule has 0 unspecified atom stereocenters. The molecule has 0 fully saturated rings. The molecule has 4 aromatic heterocycles. The van der Waals surface area contributed by atoms with E-state index < -0.39 is 6.67 Å². The van der Waals surface area contributed by atoms with E-state index in [4.69, 9.17) is 9.72 Å². The minimum absolute atomic E-state index is 0.0132. The molecule has 7 heteroatoms. The van der Waals surface area contributed by atoms with Gasteiger partial charge in [-0.1, -0.05) is 0 Å². The van der Waals surface area contributed by atoms with Crippen LogP contribution in [0.2, 0.25) is 0 Å². The third-order valence-corrected chi connectivity index (χ3v) is 3.97. The van der Waals surface area contributed by atoms with Crippen molar-refractivity contribution in [3.05, 3.63) is 49.1 Å². The topological polar surface area (TPSA) is 64.9 Å². The zero-order valence-corrected chi connectivity index (χ0v) is 13.6. The highest BCUT2D eigenvalue weighted by Gasteiger charge is 2.10. The number of halogens is 1. The highest BCUT2D eigenvalue weighted by Crippen LogP contribution is 2.28. The van der Waals surface area contributed by atoms with E-state index in [1.807, 2.05) is 36.0 Å². The number of fused-ring (bicyclic) bond motifs is 3. The molecule has 126 valence electrons. The Hall–Kier alpha value is -3.22. The van der Waals surface area contributed by atoms with Gasteiger partial charge >= 0.3 is 0 Å². The standard InChI is InChI=1S/C18H16FN5O/c1-24-16-4-6-20-11-15(16)14-2-3-17(23-18(14)24)22-12-8-13(10-21-9-12)25-7-5-19/h2-4,6,8-11H,5,7H2,1H3,(H,22,23). The van der Waals surface area contributed by atoms with Gasteiger partial charge in [-0.3, -0.25) is 9.97 Å². The minimum atomic E-state index is -0.536. The number of anilines is 2. The number of nitrogens with one attached hydrogen (secondary N) is 1. The van der Waals surface area contributed by atoms with Gasteiger partial charge in [0.05, 0.1) is 23.6 Å². The molecule has 4 heterocycles. The van der Waals surface area contributed by atoms with Crippen molar-refractivity contribution in [2.45, 2.75) is 0 Å². The van der Waals surface area contributed by atoms with Crippen molar-refractivity contribution in [2.24, 2.45) is 7.05 Å². The number of hydrogen-bond donors (Lipinski definition) is 1. The molecule has 0 aliphatic rings. The van der Waals surface area contributed by atoms with Gasteiger partial charge in [-0.05, 0) is 18.2 Å². The van der Waals surface area contributed by atoms with E-state index in [0.717, 1.165) is 27.6 Å². The summed E-state index contributed by atoms with van der Waals surface area (Å²) in [5.74, 6) is 1.20. The third kappa shape index (κ3) is 2.84. The number of aryl methyl sites for hydroxylation is 1. The molecule has 0 aliphatic heterocycles. The van der Waals surface area contributed by atoms with Gasteiger partial charge in [0.25, 0.3) is 0 Å². The van der Waals surface area contributed by atoms with Crippen LogP contribution < -0.4 is 10.1 Å². The summed E-state index contributed by atoms with van der Waals surface area (Å²) in [5.41, 5.74) is 2.67. The molecule has 4 aromatic rings. The van der Waals surface area contributed by atoms with Gasteiger partial charge in [0.1, 0.15) is 30.5 Å². The van der Waals surface area contributed by atoms with Crippen molar-refractivity contribution in [3.8, 4) is 5.75 Å². The van der Waals surface area contributed by atoms with E-state index in [1.165, 1.54) is 0 Å². The lowest BCUT2D eigenvalue weighted by molar-refractivity contribution is 0.272. The number of nitrogens with zero attached hydrogens (tertiary/aromatic N) is 4. The third-order valence-electron chi connectivity index (χ3n) is 3.97. The predicted octanol–water partition coefficient (Wildman–Crippen LogP) is 3.61. The van der Waals surface area contributed by atoms with E-state index >= 15 is 0 Å². The van der Waals surface area contributed by atoms with E-state index in [-0.39, 0.29) is 6.61 Å². The fourth-order valence-corrected chi connectivity index (χ4v) is 2.86. The smallest absolute Gasteiger partial charge is 0.143 e. The van der Waals surface area contributed by atoms with Crippen LogP contribution >= 0.6 is 0 Å². The molecule has 0 amide bonds. The van der Waals surface area contributed by atoms with Gasteiger partial charge in [0.2, 0.25) is 0 Å². The van der Waals surface area contributed by atoms with Gasteiger partial charge in [0, 0.05) is 36.3 Å². The Labute approximate surface area is 143 Å². The molecule has 0 bridgehead atoms. The summed E-state index contributed by atoms with van der Waals surface area (Å²) in [6, 6.07) is 7.66. The van der Waals surface area contributed by atoms with Gasteiger partial charge in [-0.25, -0.2) is 9.37 Å². The summed E-state index contributed by atoms with van der Waals surface area (Å²) >= 11 is 0. The van der Waals surface area contributed by atoms with Crippen LogP contribution in [0.1, 0.15) is 0 Å². The number of alkyl halides is 1. The fraction of sp³-hybridized carbons (Fsp3) is 0.167. The molecule has 0 saturated heterocycles. The Balaban J connectivity index is 1.68. The first-order valence-electron chi connectivity index (χ1n) is 7.86. The Morgan fingerprint density at radius 3 is 2.92 bits per heavy atom. The average Bonchev–Trinajstić information content (AvgIpc) is 2.93. The molecule has 4 rings (SSSR count). The van der Waals surface area contributed by atoms with Gasteiger partial charge < -0.3 is 14.6 Å². The van der Waals surface area contributed by atoms with Crippen LogP contribution in [0.25, 0.3) is 21.9 Å². The maximum atomic E-state index is 12.2. The van der Waals surface area contributed by atoms with Gasteiger partial charge in [-0.15, -0.1) is 0 Å². The van der Waals surface area contributed by atoms with E-state index in [2.05, 4.69) is 15.3 Å². The molecule has 0 atom stereocenters. The van der Waals surface area contributed by atoms with Crippen LogP contribution in [-0.4, -0.2) is 32.8 Å². The fourth-order valence-electron chi connectivity index (χ4n) is 2.86. The predicted molar refractivity (Wildman–Crippen MR) is 95.0 cm³/mol. The van der Waals surface area contributed by atoms with Crippen molar-refractivity contribution < 1.29 is 9.13 Å². The second kappa shape index (κ2) is 6.35. The Morgan fingerprint density at radius 2 is 2.04 bits per heavy atom. The summed E-state index contributed by atoms with van der Waals surface area (Å²) in [5, 5.41) is 5.33. The zero-order valence-electron chi connectivity index (χ0n) is 13.6. The maximum Gasteiger partial charge on any atom is 0.143 e. The normalized spacial score (nSPS) is 11.1. The van der Waals surface area contributed by atoms with E-state index in [1.54, 1.807) is 24.7 Å². The van der Waals surface area contributed by atoms with Crippen LogP contribution in [0.5, 0.6) is 5.75 Å². The molecule has 0 saturated carbocycles. The Kier molecular flexibility index (Phi) is 3.89. The SMILES string of the molecule is Cn1c2ccncc2c2ccc(Nc3cncc(OCCF)c3)nc21. The average molecular weight is 337 g/mol. The lowest BCUT2D eigenvalue weighted by Gasteiger charge is -2.08. The number of hydrogen-bond acceptors (Lipinski definition) is 5. The van der Waals surface area contributed by atoms with Crippen molar-refractivity contribution in [1.29, 1.82) is 0 Å². The first-order valence-corrected chi connectivity index (χ1v) is 7.86. The monoisotopic (exact) mass is 337 g/mol. The second-order valence-electron chi connectivity index (χ2n) is 5.59. The number of rotatable bonds is 5. The van der Waals surface area contributed by atoms with Crippen LogP contribution in [0.15, 0.2) is 49.1 Å². The van der Waals surface area contributed by atoms with Crippen molar-refractivity contribution in [1.82, 2.24) is 19.5 Å². The molecular weight excluding hydrogens is 321 g/mol. The Bertz CT molecular complexity index is 1050. The lowest BCUT2D eigenvalue weighted by atomic mass is 10.2. The molecular formula is C18H16FN5O. The summed E-state index contributed by atoms with van der Waals surface area (Å²) in [4.78, 5) is 13.0. The van der Waals surface area contributed by atoms with Gasteiger partial charge in [-0.2, -0.15) is 0 Å². The van der Waals surface area contributed by atoms with Crippen LogP contribution in [0.3, 0.4) is 0 Å². The highest BCUT2D eigenvalue weighted by molar-refractivity contribution is 6.06. The number of aromatic nitrogens is 4. The number of ether oxygens (including phenoxy) is 1. The van der Waals surface area contributed by atoms with Crippen molar-refractivity contribution in [2.75, 3.05) is 18.6 Å². The summed E-state index contributed by atoms with van der Waals surface area (Å²) in [7, 11) is 1.98. The molecule has 0 radical (unpaired) electrons. The lowest BCUT2D eigenvalue weighted by Crippen LogP contribution is -2.00. The maximum absolute atomic E-state index is 12.2. The van der Waals surface area contributed by atoms with Gasteiger partial charge in [0.15, 0.2) is 0 Å². The molecule has 1 N–H and O–H groups in total. The molecule has 0 aliphatic carbocycles. The summed E-state index contributed by atoms with van der Waals surface area (Å²) < 4.78 is 19.5. The highest BCUT2D eigenvalue weighted by atomic mass is 19.1. The van der Waals surface area contributed by atoms with Crippen LogP contribution in [-0.2, 0) is 7.05 Å². The minimum Gasteiger partial charge on any atom is -0.489 e. The number of pyridine rings is 3. The summed E-state index contributed by atoms with van der Waals surface area (Å²) in [6.45, 7) is -0.523. The Morgan fingerprint density at radius 1 is 1.12 bits per heavy atom. The van der Waals surface area contributed by atoms with Crippen LogP contribution in [0, 0.1) is 0 Å². The first kappa shape index (κ1) is 15.3.